The Bertz CT molecular complexity index is 520. The number of amides is 1. The van der Waals surface area contributed by atoms with Gasteiger partial charge in [0.25, 0.3) is 5.91 Å². The number of anilines is 1. The van der Waals surface area contributed by atoms with Gasteiger partial charge in [-0.25, -0.2) is 4.99 Å². The first-order valence-electron chi connectivity index (χ1n) is 5.85. The Morgan fingerprint density at radius 1 is 1.50 bits per heavy atom. The Morgan fingerprint density at radius 2 is 2.22 bits per heavy atom. The first-order valence-corrected chi connectivity index (χ1v) is 5.85. The number of nitrogens with one attached hydrogen (secondary N) is 1. The predicted molar refractivity (Wildman–Crippen MR) is 71.8 cm³/mol. The molecule has 0 radical (unpaired) electrons. The molecule has 0 saturated carbocycles. The van der Waals surface area contributed by atoms with Crippen molar-refractivity contribution >= 4 is 17.5 Å². The highest BCUT2D eigenvalue weighted by Crippen LogP contribution is 2.20. The Hall–Kier alpha value is -2.10. The molecule has 1 amide bonds. The molecule has 0 saturated heterocycles. The fourth-order valence-electron chi connectivity index (χ4n) is 1.63. The average molecular weight is 244 g/mol. The zero-order valence-corrected chi connectivity index (χ0v) is 10.6. The second-order valence-electron chi connectivity index (χ2n) is 4.37. The van der Waals surface area contributed by atoms with Crippen molar-refractivity contribution in [3.8, 4) is 0 Å². The van der Waals surface area contributed by atoms with E-state index in [-0.39, 0.29) is 11.9 Å². The van der Waals surface area contributed by atoms with Crippen LogP contribution in [0.3, 0.4) is 0 Å². The van der Waals surface area contributed by atoms with Gasteiger partial charge >= 0.3 is 0 Å². The minimum atomic E-state index is -0.200. The Morgan fingerprint density at radius 3 is 2.83 bits per heavy atom. The summed E-state index contributed by atoms with van der Waals surface area (Å²) in [6.07, 6.45) is 0. The maximum Gasteiger partial charge on any atom is 0.250 e. The van der Waals surface area contributed by atoms with Crippen LogP contribution in [0.2, 0.25) is 0 Å². The lowest BCUT2D eigenvalue weighted by Gasteiger charge is -2.10. The quantitative estimate of drug-likeness (QED) is 0.830. The van der Waals surface area contributed by atoms with Crippen LogP contribution in [-0.4, -0.2) is 24.5 Å². The Balaban J connectivity index is 2.29. The summed E-state index contributed by atoms with van der Waals surface area (Å²) < 4.78 is 5.51. The van der Waals surface area contributed by atoms with Gasteiger partial charge in [-0.3, -0.25) is 4.79 Å². The van der Waals surface area contributed by atoms with Crippen LogP contribution in [0.15, 0.2) is 41.4 Å². The van der Waals surface area contributed by atoms with Gasteiger partial charge in [-0.05, 0) is 26.0 Å². The summed E-state index contributed by atoms with van der Waals surface area (Å²) in [6, 6.07) is 7.61. The zero-order chi connectivity index (χ0) is 13.1. The van der Waals surface area contributed by atoms with Gasteiger partial charge in [0.2, 0.25) is 5.90 Å². The number of rotatable bonds is 3. The zero-order valence-electron chi connectivity index (χ0n) is 10.6. The summed E-state index contributed by atoms with van der Waals surface area (Å²) in [5, 5.41) is 2.80. The van der Waals surface area contributed by atoms with Crippen molar-refractivity contribution in [2.24, 2.45) is 4.99 Å². The maximum atomic E-state index is 11.7. The smallest absolute Gasteiger partial charge is 0.250 e. The molecule has 1 aliphatic rings. The number of para-hydroxylation sites is 1. The molecule has 0 aromatic heterocycles. The molecule has 1 atom stereocenters. The normalized spacial score (nSPS) is 17.9. The molecule has 1 heterocycles. The summed E-state index contributed by atoms with van der Waals surface area (Å²) >= 11 is 0. The second kappa shape index (κ2) is 5.04. The minimum absolute atomic E-state index is 0.157. The van der Waals surface area contributed by atoms with E-state index in [0.717, 1.165) is 5.56 Å². The number of carbonyl (C=O) groups excluding carboxylic acids is 1. The van der Waals surface area contributed by atoms with Crippen LogP contribution in [0, 0.1) is 0 Å². The molecule has 1 aliphatic heterocycles. The van der Waals surface area contributed by atoms with Gasteiger partial charge in [0.1, 0.15) is 6.61 Å². The van der Waals surface area contributed by atoms with Crippen LogP contribution >= 0.6 is 0 Å². The lowest BCUT2D eigenvalue weighted by Crippen LogP contribution is -2.15. The van der Waals surface area contributed by atoms with Crippen molar-refractivity contribution < 1.29 is 9.53 Å². The van der Waals surface area contributed by atoms with Gasteiger partial charge in [0, 0.05) is 5.57 Å². The van der Waals surface area contributed by atoms with E-state index >= 15 is 0 Å². The van der Waals surface area contributed by atoms with Crippen LogP contribution in [0.25, 0.3) is 0 Å². The van der Waals surface area contributed by atoms with E-state index in [0.29, 0.717) is 23.8 Å². The second-order valence-corrected chi connectivity index (χ2v) is 4.37. The highest BCUT2D eigenvalue weighted by Gasteiger charge is 2.19. The van der Waals surface area contributed by atoms with Crippen LogP contribution in [0.4, 0.5) is 5.69 Å². The highest BCUT2D eigenvalue weighted by molar-refractivity contribution is 6.08. The van der Waals surface area contributed by atoms with Gasteiger partial charge in [0.15, 0.2) is 0 Å². The van der Waals surface area contributed by atoms with Gasteiger partial charge in [-0.1, -0.05) is 18.7 Å². The van der Waals surface area contributed by atoms with E-state index < -0.39 is 0 Å². The van der Waals surface area contributed by atoms with Gasteiger partial charge in [-0.15, -0.1) is 0 Å². The van der Waals surface area contributed by atoms with Gasteiger partial charge in [0.05, 0.1) is 17.3 Å². The van der Waals surface area contributed by atoms with E-state index in [1.807, 2.05) is 31.2 Å². The fraction of sp³-hybridized carbons (Fsp3) is 0.286. The molecular formula is C14H16N2O2. The Labute approximate surface area is 106 Å². The van der Waals surface area contributed by atoms with E-state index in [4.69, 9.17) is 4.74 Å². The van der Waals surface area contributed by atoms with Crippen molar-refractivity contribution in [2.45, 2.75) is 19.9 Å². The molecule has 1 aromatic rings. The summed E-state index contributed by atoms with van der Waals surface area (Å²) in [5.41, 5.74) is 1.96. The number of hydrogen-bond donors (Lipinski definition) is 1. The minimum Gasteiger partial charge on any atom is -0.475 e. The van der Waals surface area contributed by atoms with Crippen molar-refractivity contribution in [1.82, 2.24) is 0 Å². The molecule has 4 nitrogen and oxygen atoms in total. The maximum absolute atomic E-state index is 11.7. The first kappa shape index (κ1) is 12.4. The van der Waals surface area contributed by atoms with E-state index in [9.17, 15) is 4.79 Å². The molecule has 0 spiro atoms. The lowest BCUT2D eigenvalue weighted by atomic mass is 10.1. The molecule has 0 unspecified atom stereocenters. The summed E-state index contributed by atoms with van der Waals surface area (Å²) in [7, 11) is 0. The number of carbonyl (C=O) groups is 1. The third kappa shape index (κ3) is 2.59. The summed E-state index contributed by atoms with van der Waals surface area (Å²) in [4.78, 5) is 16.0. The SMILES string of the molecule is C=C(C)C(=O)Nc1ccccc1C1=N[C@@H](C)CO1. The molecule has 4 heteroatoms. The molecule has 2 rings (SSSR count). The number of benzene rings is 1. The third-order valence-corrected chi connectivity index (χ3v) is 2.59. The van der Waals surface area contributed by atoms with Crippen molar-refractivity contribution in [3.05, 3.63) is 42.0 Å². The van der Waals surface area contributed by atoms with Gasteiger partial charge in [-0.2, -0.15) is 0 Å². The van der Waals surface area contributed by atoms with Crippen LogP contribution in [0.1, 0.15) is 19.4 Å². The monoisotopic (exact) mass is 244 g/mol. The van der Waals surface area contributed by atoms with E-state index in [1.54, 1.807) is 6.92 Å². The average Bonchev–Trinajstić information content (AvgIpc) is 2.76. The number of ether oxygens (including phenoxy) is 1. The topological polar surface area (TPSA) is 50.7 Å². The lowest BCUT2D eigenvalue weighted by molar-refractivity contribution is -0.112. The third-order valence-electron chi connectivity index (χ3n) is 2.59. The highest BCUT2D eigenvalue weighted by atomic mass is 16.5. The molecule has 0 fully saturated rings. The summed E-state index contributed by atoms with van der Waals surface area (Å²) in [5.74, 6) is 0.384. The summed E-state index contributed by atoms with van der Waals surface area (Å²) in [6.45, 7) is 7.86. The number of aliphatic imine (C=N–C) groups is 1. The first-order chi connectivity index (χ1) is 8.58. The van der Waals surface area contributed by atoms with Gasteiger partial charge < -0.3 is 10.1 Å². The molecule has 94 valence electrons. The van der Waals surface area contributed by atoms with Crippen molar-refractivity contribution in [1.29, 1.82) is 0 Å². The number of hydrogen-bond acceptors (Lipinski definition) is 3. The van der Waals surface area contributed by atoms with Crippen molar-refractivity contribution in [3.63, 3.8) is 0 Å². The van der Waals surface area contributed by atoms with Crippen molar-refractivity contribution in [2.75, 3.05) is 11.9 Å². The Kier molecular flexibility index (Phi) is 3.46. The molecule has 0 aliphatic carbocycles. The predicted octanol–water partition coefficient (Wildman–Crippen LogP) is 2.37. The largest absolute Gasteiger partial charge is 0.475 e. The molecule has 1 N–H and O–H groups in total. The van der Waals surface area contributed by atoms with Crippen LogP contribution in [-0.2, 0) is 9.53 Å². The van der Waals surface area contributed by atoms with E-state index in [2.05, 4.69) is 16.9 Å². The van der Waals surface area contributed by atoms with Crippen LogP contribution in [0.5, 0.6) is 0 Å². The fourth-order valence-corrected chi connectivity index (χ4v) is 1.63. The van der Waals surface area contributed by atoms with E-state index in [1.165, 1.54) is 0 Å². The molecule has 0 bridgehead atoms. The van der Waals surface area contributed by atoms with Crippen LogP contribution < -0.4 is 5.32 Å². The standard InChI is InChI=1S/C14H16N2O2/c1-9(2)13(17)16-12-7-5-4-6-11(12)14-15-10(3)8-18-14/h4-7,10H,1,8H2,2-3H3,(H,16,17)/t10-/m0/s1. The molecule has 18 heavy (non-hydrogen) atoms. The number of nitrogens with zero attached hydrogens (tertiary/aromatic N) is 1. The molecular weight excluding hydrogens is 228 g/mol. The molecule has 1 aromatic carbocycles.